The Hall–Kier alpha value is -3.41. The molecule has 0 radical (unpaired) electrons. The van der Waals surface area contributed by atoms with Crippen molar-refractivity contribution in [2.24, 2.45) is 0 Å². The summed E-state index contributed by atoms with van der Waals surface area (Å²) in [5.74, 6) is -0.656. The van der Waals surface area contributed by atoms with Crippen LogP contribution in [0.25, 0.3) is 11.3 Å². The van der Waals surface area contributed by atoms with Crippen molar-refractivity contribution in [3.63, 3.8) is 0 Å². The van der Waals surface area contributed by atoms with E-state index in [0.717, 1.165) is 29.2 Å². The Kier molecular flexibility index (Phi) is 11.9. The SMILES string of the molecule is C=CC(=O)Cc1cccc(-c2nc(Nc3cccc(N4CCN(CCOC(=O)CC(P(C)(=O)O)P(=O)(O)O)CC4)c3)ncc2Cl)c1. The standard InChI is InChI=1S/C30H36ClN5O8P2/c1-3-25(37)17-21-6-4-7-22(16-21)29-26(31)20-32-30(34-29)33-23-8-5-9-24(18-23)36-12-10-35(11-13-36)14-15-44-27(38)19-28(45(2,39)40)46(41,42)43/h3-9,16,18,20,28H,1,10-15,17,19H2,2H3,(H,39,40)(H,32,33,34)(H2,41,42,43). The molecular weight excluding hydrogens is 656 g/mol. The summed E-state index contributed by atoms with van der Waals surface area (Å²) in [7, 11) is -9.15. The van der Waals surface area contributed by atoms with E-state index < -0.39 is 32.8 Å². The van der Waals surface area contributed by atoms with Gasteiger partial charge in [0.15, 0.2) is 5.78 Å². The van der Waals surface area contributed by atoms with Gasteiger partial charge >= 0.3 is 13.6 Å². The molecule has 0 aliphatic carbocycles. The number of ketones is 1. The first-order valence-electron chi connectivity index (χ1n) is 14.3. The minimum Gasteiger partial charge on any atom is -0.464 e. The van der Waals surface area contributed by atoms with Crippen LogP contribution in [-0.4, -0.2) is 92.7 Å². The molecule has 4 N–H and O–H groups in total. The largest absolute Gasteiger partial charge is 0.464 e. The summed E-state index contributed by atoms with van der Waals surface area (Å²) in [6.45, 7) is 7.51. The van der Waals surface area contributed by atoms with Crippen molar-refractivity contribution in [2.45, 2.75) is 18.2 Å². The number of benzene rings is 2. The number of hydrogen-bond acceptors (Lipinski definition) is 10. The van der Waals surface area contributed by atoms with E-state index in [-0.39, 0.29) is 18.8 Å². The fraction of sp³-hybridized carbons (Fsp3) is 0.333. The molecule has 1 fully saturated rings. The van der Waals surface area contributed by atoms with E-state index in [1.165, 1.54) is 12.3 Å². The number of piperazine rings is 1. The number of ether oxygens (including phenoxy) is 1. The molecule has 0 saturated carbocycles. The predicted octanol–water partition coefficient (Wildman–Crippen LogP) is 4.30. The lowest BCUT2D eigenvalue weighted by Crippen LogP contribution is -2.47. The molecule has 1 aromatic heterocycles. The lowest BCUT2D eigenvalue weighted by Gasteiger charge is -2.36. The zero-order valence-corrected chi connectivity index (χ0v) is 27.7. The first-order chi connectivity index (χ1) is 21.7. The van der Waals surface area contributed by atoms with Gasteiger partial charge in [-0.25, -0.2) is 9.97 Å². The van der Waals surface area contributed by atoms with Crippen LogP contribution >= 0.6 is 26.6 Å². The van der Waals surface area contributed by atoms with Gasteiger partial charge in [0.2, 0.25) is 13.3 Å². The lowest BCUT2D eigenvalue weighted by molar-refractivity contribution is -0.143. The summed E-state index contributed by atoms with van der Waals surface area (Å²) >= 11 is 6.44. The highest BCUT2D eigenvalue weighted by Crippen LogP contribution is 2.61. The zero-order valence-electron chi connectivity index (χ0n) is 25.2. The van der Waals surface area contributed by atoms with Gasteiger partial charge in [-0.05, 0) is 35.9 Å². The van der Waals surface area contributed by atoms with Gasteiger partial charge in [-0.2, -0.15) is 0 Å². The van der Waals surface area contributed by atoms with E-state index in [4.69, 9.17) is 16.3 Å². The van der Waals surface area contributed by atoms with Gasteiger partial charge in [-0.3, -0.25) is 23.6 Å². The van der Waals surface area contributed by atoms with E-state index in [1.807, 2.05) is 48.5 Å². The summed E-state index contributed by atoms with van der Waals surface area (Å²) in [5, 5.41) is 1.64. The number of allylic oxidation sites excluding steroid dienone is 1. The van der Waals surface area contributed by atoms with Gasteiger partial charge in [-0.1, -0.05) is 42.4 Å². The number of carbonyl (C=O) groups is 2. The quantitative estimate of drug-likeness (QED) is 0.107. The third-order valence-corrected chi connectivity index (χ3v) is 12.1. The molecule has 46 heavy (non-hydrogen) atoms. The number of nitrogens with zero attached hydrogens (tertiary/aromatic N) is 4. The van der Waals surface area contributed by atoms with Crippen molar-refractivity contribution >= 4 is 55.6 Å². The number of aromatic nitrogens is 2. The summed E-state index contributed by atoms with van der Waals surface area (Å²) in [4.78, 5) is 65.5. The molecular formula is C30H36ClN5O8P2. The smallest absolute Gasteiger partial charge is 0.338 e. The molecule has 2 heterocycles. The van der Waals surface area contributed by atoms with Crippen LogP contribution in [0.2, 0.25) is 5.02 Å². The fourth-order valence-corrected chi connectivity index (χ4v) is 8.24. The van der Waals surface area contributed by atoms with Crippen molar-refractivity contribution in [3.05, 3.63) is 78.0 Å². The van der Waals surface area contributed by atoms with E-state index in [9.17, 15) is 33.4 Å². The van der Waals surface area contributed by atoms with Gasteiger partial charge in [-0.15, -0.1) is 0 Å². The van der Waals surface area contributed by atoms with Crippen LogP contribution in [0.5, 0.6) is 0 Å². The summed E-state index contributed by atoms with van der Waals surface area (Å²) in [6, 6.07) is 15.3. The van der Waals surface area contributed by atoms with Crippen LogP contribution in [0.15, 0.2) is 67.4 Å². The maximum atomic E-state index is 12.1. The molecule has 1 saturated heterocycles. The van der Waals surface area contributed by atoms with Crippen molar-refractivity contribution in [2.75, 3.05) is 56.2 Å². The van der Waals surface area contributed by atoms with E-state index in [0.29, 0.717) is 49.4 Å². The topological polar surface area (TPSA) is 182 Å². The van der Waals surface area contributed by atoms with Gasteiger partial charge < -0.3 is 29.6 Å². The average Bonchev–Trinajstić information content (AvgIpc) is 3.00. The van der Waals surface area contributed by atoms with Crippen LogP contribution in [-0.2, 0) is 29.9 Å². The minimum atomic E-state index is -4.95. The molecule has 0 bridgehead atoms. The number of nitrogens with one attached hydrogen (secondary N) is 1. The summed E-state index contributed by atoms with van der Waals surface area (Å²) in [5.41, 5.74) is 3.88. The molecule has 1 aliphatic rings. The van der Waals surface area contributed by atoms with Crippen molar-refractivity contribution in [3.8, 4) is 11.3 Å². The Morgan fingerprint density at radius 3 is 2.50 bits per heavy atom. The second kappa shape index (κ2) is 15.5. The Morgan fingerprint density at radius 2 is 1.83 bits per heavy atom. The van der Waals surface area contributed by atoms with Crippen molar-refractivity contribution in [1.29, 1.82) is 0 Å². The van der Waals surface area contributed by atoms with Crippen LogP contribution in [0.3, 0.4) is 0 Å². The molecule has 0 amide bonds. The van der Waals surface area contributed by atoms with Gasteiger partial charge in [0.1, 0.15) is 12.0 Å². The van der Waals surface area contributed by atoms with Crippen molar-refractivity contribution in [1.82, 2.24) is 14.9 Å². The highest BCUT2D eigenvalue weighted by atomic mass is 35.5. The number of carbonyl (C=O) groups excluding carboxylic acids is 2. The Balaban J connectivity index is 1.31. The van der Waals surface area contributed by atoms with Crippen LogP contribution in [0.1, 0.15) is 12.0 Å². The molecule has 246 valence electrons. The first-order valence-corrected chi connectivity index (χ1v) is 18.6. The highest BCUT2D eigenvalue weighted by molar-refractivity contribution is 7.73. The van der Waals surface area contributed by atoms with Crippen LogP contribution < -0.4 is 10.2 Å². The minimum absolute atomic E-state index is 0.00805. The molecule has 2 atom stereocenters. The van der Waals surface area contributed by atoms with Gasteiger partial charge in [0.25, 0.3) is 0 Å². The fourth-order valence-electron chi connectivity index (χ4n) is 4.93. The maximum absolute atomic E-state index is 12.1. The monoisotopic (exact) mass is 691 g/mol. The maximum Gasteiger partial charge on any atom is 0.338 e. The van der Waals surface area contributed by atoms with Crippen molar-refractivity contribution < 1.29 is 38.1 Å². The Morgan fingerprint density at radius 1 is 1.11 bits per heavy atom. The first kappa shape index (κ1) is 35.4. The molecule has 16 heteroatoms. The normalized spacial score (nSPS) is 15.9. The second-order valence-corrected chi connectivity index (χ2v) is 16.0. The van der Waals surface area contributed by atoms with Crippen LogP contribution in [0, 0.1) is 0 Å². The number of hydrogen-bond donors (Lipinski definition) is 4. The summed E-state index contributed by atoms with van der Waals surface area (Å²) in [6.07, 6.45) is 2.22. The Bertz CT molecular complexity index is 1650. The summed E-state index contributed by atoms with van der Waals surface area (Å²) < 4.78 is 28.5. The second-order valence-electron chi connectivity index (χ2n) is 10.9. The highest BCUT2D eigenvalue weighted by Gasteiger charge is 2.42. The van der Waals surface area contributed by atoms with E-state index in [2.05, 4.69) is 31.7 Å². The van der Waals surface area contributed by atoms with E-state index in [1.54, 1.807) is 0 Å². The molecule has 3 aromatic rings. The average molecular weight is 692 g/mol. The molecule has 4 rings (SSSR count). The van der Waals surface area contributed by atoms with Gasteiger partial charge in [0.05, 0.1) is 23.3 Å². The molecule has 1 aliphatic heterocycles. The lowest BCUT2D eigenvalue weighted by atomic mass is 10.0. The van der Waals surface area contributed by atoms with E-state index >= 15 is 0 Å². The molecule has 2 aromatic carbocycles. The predicted molar refractivity (Wildman–Crippen MR) is 177 cm³/mol. The number of anilines is 3. The van der Waals surface area contributed by atoms with Crippen LogP contribution in [0.4, 0.5) is 17.3 Å². The van der Waals surface area contributed by atoms with Gasteiger partial charge in [0, 0.05) is 62.7 Å². The third-order valence-electron chi connectivity index (χ3n) is 7.35. The molecule has 0 spiro atoms. The molecule has 2 unspecified atom stereocenters. The number of esters is 1. The third kappa shape index (κ3) is 10.0. The number of halogens is 1. The number of rotatable bonds is 14. The zero-order chi connectivity index (χ0) is 33.5. The Labute approximate surface area is 271 Å². The molecule has 13 nitrogen and oxygen atoms in total.